The van der Waals surface area contributed by atoms with Gasteiger partial charge in [0.1, 0.15) is 11.7 Å². The van der Waals surface area contributed by atoms with Gasteiger partial charge in [0.05, 0.1) is 12.7 Å². The van der Waals surface area contributed by atoms with E-state index in [0.29, 0.717) is 23.5 Å². The highest BCUT2D eigenvalue weighted by Gasteiger charge is 2.77. The molecule has 150 valence electrons. The molecule has 0 aromatic rings. The number of aliphatic hydroxyl groups is 2. The minimum atomic E-state index is -1.79. The average Bonchev–Trinajstić information content (AvgIpc) is 3.19. The lowest BCUT2D eigenvalue weighted by atomic mass is 9.62. The molecular formula is C21H38O4Si. The molecule has 0 aromatic carbocycles. The van der Waals surface area contributed by atoms with Crippen molar-refractivity contribution < 1.29 is 19.4 Å². The SMILES string of the molecule is C=C(CO)C(O)[C@]12CC3C[C@@H](O[Si](C)(C)C(C)(C)C)C[C@@H](C)[C@]3(C)[C@H]1O2. The molecule has 2 unspecified atom stereocenters. The molecule has 2 saturated carbocycles. The Labute approximate surface area is 160 Å². The lowest BCUT2D eigenvalue weighted by Gasteiger charge is -2.49. The van der Waals surface area contributed by atoms with Gasteiger partial charge in [0, 0.05) is 11.5 Å². The van der Waals surface area contributed by atoms with Crippen LogP contribution in [0.15, 0.2) is 12.2 Å². The number of hydrogen-bond donors (Lipinski definition) is 2. The summed E-state index contributed by atoms with van der Waals surface area (Å²) in [6.07, 6.45) is 2.56. The second-order valence-electron chi connectivity index (χ2n) is 10.8. The molecule has 3 aliphatic rings. The standard InChI is InChI=1S/C21H38O4Si/c1-13(12-22)17(23)21-11-15-10-16(25-26(7,8)19(3,4)5)9-14(2)20(15,6)18(21)24-21/h14-18,22-23H,1,9-12H2,2-8H3/t14-,15?,16+,17?,18-,20+,21-/m1/s1. The molecule has 7 atom stereocenters. The van der Waals surface area contributed by atoms with Crippen molar-refractivity contribution in [2.24, 2.45) is 17.3 Å². The monoisotopic (exact) mass is 382 g/mol. The molecule has 0 aromatic heterocycles. The zero-order valence-corrected chi connectivity index (χ0v) is 18.6. The summed E-state index contributed by atoms with van der Waals surface area (Å²) in [4.78, 5) is 0. The minimum Gasteiger partial charge on any atom is -0.414 e. The van der Waals surface area contributed by atoms with E-state index in [1.54, 1.807) is 0 Å². The Morgan fingerprint density at radius 1 is 1.35 bits per heavy atom. The summed E-state index contributed by atoms with van der Waals surface area (Å²) in [6.45, 7) is 19.8. The Morgan fingerprint density at radius 2 is 1.96 bits per heavy atom. The van der Waals surface area contributed by atoms with Crippen LogP contribution in [0, 0.1) is 17.3 Å². The Kier molecular flexibility index (Phi) is 4.85. The van der Waals surface area contributed by atoms with Crippen molar-refractivity contribution in [3.8, 4) is 0 Å². The number of epoxide rings is 1. The van der Waals surface area contributed by atoms with E-state index < -0.39 is 20.0 Å². The predicted octanol–water partition coefficient (Wildman–Crippen LogP) is 3.88. The Bertz CT molecular complexity index is 583. The van der Waals surface area contributed by atoms with Gasteiger partial charge in [0.25, 0.3) is 0 Å². The van der Waals surface area contributed by atoms with E-state index in [4.69, 9.17) is 9.16 Å². The molecule has 1 aliphatic heterocycles. The zero-order valence-electron chi connectivity index (χ0n) is 17.6. The maximum atomic E-state index is 10.7. The molecule has 0 amide bonds. The first kappa shape index (κ1) is 20.5. The van der Waals surface area contributed by atoms with Crippen molar-refractivity contribution in [1.82, 2.24) is 0 Å². The minimum absolute atomic E-state index is 0.0714. The lowest BCUT2D eigenvalue weighted by Crippen LogP contribution is -2.49. The van der Waals surface area contributed by atoms with Gasteiger partial charge in [0.15, 0.2) is 8.32 Å². The van der Waals surface area contributed by atoms with E-state index in [-0.39, 0.29) is 23.2 Å². The number of aliphatic hydroxyl groups excluding tert-OH is 2. The maximum Gasteiger partial charge on any atom is 0.192 e. The summed E-state index contributed by atoms with van der Waals surface area (Å²) >= 11 is 0. The van der Waals surface area contributed by atoms with Gasteiger partial charge >= 0.3 is 0 Å². The highest BCUT2D eigenvalue weighted by Crippen LogP contribution is 2.70. The maximum absolute atomic E-state index is 10.7. The fourth-order valence-electron chi connectivity index (χ4n) is 5.31. The number of rotatable bonds is 5. The third-order valence-corrected chi connectivity index (χ3v) is 12.8. The third kappa shape index (κ3) is 2.86. The van der Waals surface area contributed by atoms with Crippen LogP contribution >= 0.6 is 0 Å². The van der Waals surface area contributed by atoms with Gasteiger partial charge in [0.2, 0.25) is 0 Å². The summed E-state index contributed by atoms with van der Waals surface area (Å²) in [5.41, 5.74) is 0.0140. The molecule has 0 spiro atoms. The molecule has 5 heteroatoms. The van der Waals surface area contributed by atoms with Crippen molar-refractivity contribution in [2.45, 2.75) is 95.9 Å². The van der Waals surface area contributed by atoms with Crippen molar-refractivity contribution >= 4 is 8.32 Å². The van der Waals surface area contributed by atoms with Crippen LogP contribution in [0.4, 0.5) is 0 Å². The Hall–Kier alpha value is -0.203. The van der Waals surface area contributed by atoms with Gasteiger partial charge < -0.3 is 19.4 Å². The van der Waals surface area contributed by atoms with Crippen LogP contribution in [0.2, 0.25) is 18.1 Å². The number of ether oxygens (including phenoxy) is 1. The second-order valence-corrected chi connectivity index (χ2v) is 15.6. The largest absolute Gasteiger partial charge is 0.414 e. The van der Waals surface area contributed by atoms with Crippen molar-refractivity contribution in [3.05, 3.63) is 12.2 Å². The first-order valence-corrected chi connectivity index (χ1v) is 13.0. The number of fused-ring (bicyclic) bond motifs is 3. The van der Waals surface area contributed by atoms with E-state index in [2.05, 4.69) is 54.3 Å². The Balaban J connectivity index is 1.77. The summed E-state index contributed by atoms with van der Waals surface area (Å²) in [5, 5.41) is 20.3. The van der Waals surface area contributed by atoms with Gasteiger partial charge in [-0.3, -0.25) is 0 Å². The van der Waals surface area contributed by atoms with Crippen LogP contribution in [0.5, 0.6) is 0 Å². The molecule has 4 nitrogen and oxygen atoms in total. The molecule has 0 bridgehead atoms. The summed E-state index contributed by atoms with van der Waals surface area (Å²) < 4.78 is 12.9. The van der Waals surface area contributed by atoms with E-state index in [1.807, 2.05) is 0 Å². The van der Waals surface area contributed by atoms with Gasteiger partial charge in [-0.05, 0) is 54.8 Å². The average molecular weight is 383 g/mol. The first-order valence-electron chi connectivity index (χ1n) is 10.1. The van der Waals surface area contributed by atoms with Gasteiger partial charge in [-0.25, -0.2) is 0 Å². The van der Waals surface area contributed by atoms with Crippen LogP contribution < -0.4 is 0 Å². The highest BCUT2D eigenvalue weighted by molar-refractivity contribution is 6.74. The molecule has 0 radical (unpaired) electrons. The van der Waals surface area contributed by atoms with Crippen molar-refractivity contribution in [1.29, 1.82) is 0 Å². The number of hydrogen-bond acceptors (Lipinski definition) is 4. The van der Waals surface area contributed by atoms with Crippen LogP contribution in [-0.4, -0.2) is 49.1 Å². The quantitative estimate of drug-likeness (QED) is 0.430. The van der Waals surface area contributed by atoms with Gasteiger partial charge in [-0.2, -0.15) is 0 Å². The van der Waals surface area contributed by atoms with Crippen LogP contribution in [0.25, 0.3) is 0 Å². The van der Waals surface area contributed by atoms with E-state index in [9.17, 15) is 10.2 Å². The molecule has 3 fully saturated rings. The third-order valence-electron chi connectivity index (χ3n) is 8.28. The molecule has 26 heavy (non-hydrogen) atoms. The first-order chi connectivity index (χ1) is 11.8. The molecule has 3 rings (SSSR count). The van der Waals surface area contributed by atoms with Crippen molar-refractivity contribution in [3.63, 3.8) is 0 Å². The van der Waals surface area contributed by atoms with Crippen molar-refractivity contribution in [2.75, 3.05) is 6.61 Å². The topological polar surface area (TPSA) is 62.2 Å². The highest BCUT2D eigenvalue weighted by atomic mass is 28.4. The van der Waals surface area contributed by atoms with Gasteiger partial charge in [-0.1, -0.05) is 41.2 Å². The molecule has 2 aliphatic carbocycles. The second kappa shape index (κ2) is 6.15. The van der Waals surface area contributed by atoms with Crippen LogP contribution in [0.3, 0.4) is 0 Å². The molecular weight excluding hydrogens is 344 g/mol. The zero-order chi connectivity index (χ0) is 19.7. The summed E-state index contributed by atoms with van der Waals surface area (Å²) in [5.74, 6) is 0.973. The lowest BCUT2D eigenvalue weighted by molar-refractivity contribution is -0.0469. The van der Waals surface area contributed by atoms with E-state index >= 15 is 0 Å². The van der Waals surface area contributed by atoms with E-state index in [0.717, 1.165) is 19.3 Å². The van der Waals surface area contributed by atoms with Crippen LogP contribution in [-0.2, 0) is 9.16 Å². The smallest absolute Gasteiger partial charge is 0.192 e. The molecule has 2 N–H and O–H groups in total. The fraction of sp³-hybridized carbons (Fsp3) is 0.905. The Morgan fingerprint density at radius 3 is 2.50 bits per heavy atom. The molecule has 1 heterocycles. The summed E-state index contributed by atoms with van der Waals surface area (Å²) in [6, 6.07) is 0. The fourth-order valence-corrected chi connectivity index (χ4v) is 6.69. The van der Waals surface area contributed by atoms with E-state index in [1.165, 1.54) is 0 Å². The predicted molar refractivity (Wildman–Crippen MR) is 107 cm³/mol. The van der Waals surface area contributed by atoms with Crippen LogP contribution in [0.1, 0.15) is 53.9 Å². The summed E-state index contributed by atoms with van der Waals surface area (Å²) in [7, 11) is -1.79. The molecule has 1 saturated heterocycles. The van der Waals surface area contributed by atoms with Gasteiger partial charge in [-0.15, -0.1) is 0 Å². The normalized spacial score (nSPS) is 43.6.